The van der Waals surface area contributed by atoms with Crippen LogP contribution in [0.1, 0.15) is 39.0 Å². The van der Waals surface area contributed by atoms with E-state index in [1.54, 1.807) is 7.11 Å². The molecule has 0 radical (unpaired) electrons. The molecule has 0 unspecified atom stereocenters. The van der Waals surface area contributed by atoms with E-state index in [2.05, 4.69) is 5.32 Å². The number of piperidine rings is 1. The van der Waals surface area contributed by atoms with Crippen LogP contribution < -0.4 is 10.1 Å². The van der Waals surface area contributed by atoms with E-state index in [-0.39, 0.29) is 17.6 Å². The maximum atomic E-state index is 12.8. The normalized spacial score (nSPS) is 26.6. The number of urea groups is 1. The lowest BCUT2D eigenvalue weighted by Gasteiger charge is -2.43. The van der Waals surface area contributed by atoms with Crippen molar-refractivity contribution < 1.29 is 14.3 Å². The van der Waals surface area contributed by atoms with Crippen molar-refractivity contribution in [1.82, 2.24) is 4.90 Å². The minimum Gasteiger partial charge on any atom is -0.492 e. The van der Waals surface area contributed by atoms with Crippen molar-refractivity contribution in [2.24, 2.45) is 5.41 Å². The molecule has 132 valence electrons. The van der Waals surface area contributed by atoms with Crippen molar-refractivity contribution in [2.75, 3.05) is 32.1 Å². The molecular formula is C19H28N2O3. The molecule has 2 fully saturated rings. The number of nitrogens with one attached hydrogen (secondary N) is 1. The Morgan fingerprint density at radius 3 is 2.92 bits per heavy atom. The van der Waals surface area contributed by atoms with Crippen molar-refractivity contribution in [3.63, 3.8) is 0 Å². The zero-order valence-corrected chi connectivity index (χ0v) is 14.7. The third-order valence-electron chi connectivity index (χ3n) is 5.43. The molecule has 3 rings (SSSR count). The highest BCUT2D eigenvalue weighted by atomic mass is 16.5. The summed E-state index contributed by atoms with van der Waals surface area (Å²) in [5.74, 6) is 0.718. The second-order valence-corrected chi connectivity index (χ2v) is 6.86. The second-order valence-electron chi connectivity index (χ2n) is 6.86. The molecule has 2 atom stereocenters. The summed E-state index contributed by atoms with van der Waals surface area (Å²) >= 11 is 0. The Balaban J connectivity index is 1.69. The van der Waals surface area contributed by atoms with E-state index in [1.807, 2.05) is 36.1 Å². The Morgan fingerprint density at radius 1 is 1.33 bits per heavy atom. The number of hydrogen-bond acceptors (Lipinski definition) is 3. The van der Waals surface area contributed by atoms with Crippen molar-refractivity contribution in [1.29, 1.82) is 0 Å². The van der Waals surface area contributed by atoms with Gasteiger partial charge in [0.1, 0.15) is 5.75 Å². The summed E-state index contributed by atoms with van der Waals surface area (Å²) in [6, 6.07) is 7.56. The number of nitrogens with zero attached hydrogens (tertiary/aromatic N) is 1. The number of carbonyl (C=O) groups excluding carboxylic acids is 1. The van der Waals surface area contributed by atoms with Gasteiger partial charge in [0.25, 0.3) is 0 Å². The van der Waals surface area contributed by atoms with Gasteiger partial charge < -0.3 is 19.7 Å². The minimum atomic E-state index is -0.0389. The summed E-state index contributed by atoms with van der Waals surface area (Å²) in [5, 5.41) is 3.03. The Morgan fingerprint density at radius 2 is 2.12 bits per heavy atom. The number of methoxy groups -OCH3 is 1. The molecule has 1 aliphatic carbocycles. The Kier molecular flexibility index (Phi) is 5.29. The van der Waals surface area contributed by atoms with E-state index in [0.717, 1.165) is 50.2 Å². The molecule has 24 heavy (non-hydrogen) atoms. The number of anilines is 1. The topological polar surface area (TPSA) is 50.8 Å². The zero-order chi connectivity index (χ0) is 17.0. The molecule has 5 heteroatoms. The average Bonchev–Trinajstić information content (AvgIpc) is 2.98. The molecule has 0 aromatic heterocycles. The van der Waals surface area contributed by atoms with Gasteiger partial charge >= 0.3 is 6.03 Å². The summed E-state index contributed by atoms with van der Waals surface area (Å²) in [6.07, 6.45) is 5.94. The van der Waals surface area contributed by atoms with Gasteiger partial charge in [-0.1, -0.05) is 18.6 Å². The standard InChI is InChI=1S/C19H28N2O3/c1-3-24-16-9-5-4-8-15(16)20-18(22)21-13-7-12-19(14-21)11-6-10-17(19)23-2/h4-5,8-9,17H,3,6-7,10-14H2,1-2H3,(H,20,22)/t17-,19-/m1/s1. The van der Waals surface area contributed by atoms with E-state index in [9.17, 15) is 4.79 Å². The summed E-state index contributed by atoms with van der Waals surface area (Å²) < 4.78 is 11.3. The average molecular weight is 332 g/mol. The molecule has 1 spiro atoms. The van der Waals surface area contributed by atoms with Crippen LogP contribution in [0.2, 0.25) is 0 Å². The first kappa shape index (κ1) is 17.1. The van der Waals surface area contributed by atoms with Crippen molar-refractivity contribution in [2.45, 2.75) is 45.1 Å². The van der Waals surface area contributed by atoms with Gasteiger partial charge in [-0.05, 0) is 44.7 Å². The molecule has 0 bridgehead atoms. The summed E-state index contributed by atoms with van der Waals surface area (Å²) in [6.45, 7) is 4.11. The fourth-order valence-electron chi connectivity index (χ4n) is 4.32. The molecule has 1 saturated carbocycles. The van der Waals surface area contributed by atoms with Crippen LogP contribution >= 0.6 is 0 Å². The van der Waals surface area contributed by atoms with Crippen molar-refractivity contribution in [3.05, 3.63) is 24.3 Å². The van der Waals surface area contributed by atoms with Crippen LogP contribution in [0, 0.1) is 5.41 Å². The number of ether oxygens (including phenoxy) is 2. The summed E-state index contributed by atoms with van der Waals surface area (Å²) in [7, 11) is 1.80. The lowest BCUT2D eigenvalue weighted by molar-refractivity contribution is -0.0244. The van der Waals surface area contributed by atoms with E-state index >= 15 is 0 Å². The lowest BCUT2D eigenvalue weighted by atomic mass is 9.76. The first-order valence-corrected chi connectivity index (χ1v) is 8.99. The highest BCUT2D eigenvalue weighted by Gasteiger charge is 2.46. The van der Waals surface area contributed by atoms with Crippen LogP contribution in [0.25, 0.3) is 0 Å². The monoisotopic (exact) mass is 332 g/mol. The second kappa shape index (κ2) is 7.43. The van der Waals surface area contributed by atoms with E-state index in [1.165, 1.54) is 6.42 Å². The van der Waals surface area contributed by atoms with Gasteiger partial charge in [-0.25, -0.2) is 4.79 Å². The number of benzene rings is 1. The van der Waals surface area contributed by atoms with Gasteiger partial charge in [0.15, 0.2) is 0 Å². The maximum absolute atomic E-state index is 12.8. The van der Waals surface area contributed by atoms with Gasteiger partial charge in [-0.15, -0.1) is 0 Å². The SMILES string of the molecule is CCOc1ccccc1NC(=O)N1CCC[C@]2(CCC[C@H]2OC)C1. The van der Waals surface area contributed by atoms with Crippen LogP contribution in [0.5, 0.6) is 5.75 Å². The number of rotatable bonds is 4. The van der Waals surface area contributed by atoms with Crippen LogP contribution in [0.15, 0.2) is 24.3 Å². The van der Waals surface area contributed by atoms with Crippen LogP contribution in [-0.2, 0) is 4.74 Å². The first-order chi connectivity index (χ1) is 11.7. The number of carbonyl (C=O) groups is 1. The largest absolute Gasteiger partial charge is 0.492 e. The highest BCUT2D eigenvalue weighted by molar-refractivity contribution is 5.91. The Labute approximate surface area is 144 Å². The third kappa shape index (κ3) is 3.36. The fourth-order valence-corrected chi connectivity index (χ4v) is 4.32. The maximum Gasteiger partial charge on any atom is 0.321 e. The van der Waals surface area contributed by atoms with E-state index in [4.69, 9.17) is 9.47 Å². The molecule has 1 heterocycles. The fraction of sp³-hybridized carbons (Fsp3) is 0.632. The predicted molar refractivity (Wildman–Crippen MR) is 94.5 cm³/mol. The smallest absolute Gasteiger partial charge is 0.321 e. The molecule has 1 aromatic carbocycles. The van der Waals surface area contributed by atoms with Crippen molar-refractivity contribution in [3.8, 4) is 5.75 Å². The highest BCUT2D eigenvalue weighted by Crippen LogP contribution is 2.46. The molecule has 1 saturated heterocycles. The summed E-state index contributed by atoms with van der Waals surface area (Å²) in [5.41, 5.74) is 0.878. The molecule has 5 nitrogen and oxygen atoms in total. The quantitative estimate of drug-likeness (QED) is 0.910. The van der Waals surface area contributed by atoms with Gasteiger partial charge in [-0.3, -0.25) is 0 Å². The number of likely N-dealkylation sites (tertiary alicyclic amines) is 1. The number of hydrogen-bond donors (Lipinski definition) is 1. The lowest BCUT2D eigenvalue weighted by Crippen LogP contribution is -2.51. The molecule has 1 aliphatic heterocycles. The zero-order valence-electron chi connectivity index (χ0n) is 14.7. The van der Waals surface area contributed by atoms with Gasteiger partial charge in [0.2, 0.25) is 0 Å². The molecule has 1 aromatic rings. The third-order valence-corrected chi connectivity index (χ3v) is 5.43. The predicted octanol–water partition coefficient (Wildman–Crippen LogP) is 3.90. The van der Waals surface area contributed by atoms with Gasteiger partial charge in [-0.2, -0.15) is 0 Å². The van der Waals surface area contributed by atoms with Crippen LogP contribution in [0.4, 0.5) is 10.5 Å². The Bertz CT molecular complexity index is 577. The Hall–Kier alpha value is -1.75. The summed E-state index contributed by atoms with van der Waals surface area (Å²) in [4.78, 5) is 14.7. The van der Waals surface area contributed by atoms with E-state index < -0.39 is 0 Å². The van der Waals surface area contributed by atoms with Gasteiger partial charge in [0, 0.05) is 25.6 Å². The molecule has 2 aliphatic rings. The van der Waals surface area contributed by atoms with Gasteiger partial charge in [0.05, 0.1) is 18.4 Å². The van der Waals surface area contributed by atoms with Crippen LogP contribution in [-0.4, -0.2) is 43.8 Å². The molecule has 2 amide bonds. The van der Waals surface area contributed by atoms with Crippen LogP contribution in [0.3, 0.4) is 0 Å². The molecular weight excluding hydrogens is 304 g/mol. The molecule has 1 N–H and O–H groups in total. The van der Waals surface area contributed by atoms with Crippen molar-refractivity contribution >= 4 is 11.7 Å². The number of para-hydroxylation sites is 2. The number of amides is 2. The minimum absolute atomic E-state index is 0.0389. The van der Waals surface area contributed by atoms with E-state index in [0.29, 0.717) is 6.61 Å². The first-order valence-electron chi connectivity index (χ1n) is 8.99.